The van der Waals surface area contributed by atoms with E-state index in [2.05, 4.69) is 13.8 Å². The number of unbranched alkanes of at least 4 members (excludes halogenated alkanes) is 19. The van der Waals surface area contributed by atoms with E-state index in [4.69, 9.17) is 9.47 Å². The van der Waals surface area contributed by atoms with Crippen molar-refractivity contribution in [3.63, 3.8) is 0 Å². The SMILES string of the molecule is CCCCCCCCCCCCCCCCCOC(=O)CCCCCCCCC(=O)Oc1cccc(CC)c1. The van der Waals surface area contributed by atoms with E-state index in [1.165, 1.54) is 95.5 Å². The van der Waals surface area contributed by atoms with Crippen LogP contribution in [0.4, 0.5) is 0 Å². The number of hydrogen-bond acceptors (Lipinski definition) is 4. The smallest absolute Gasteiger partial charge is 0.311 e. The molecule has 0 spiro atoms. The average molecular weight is 545 g/mol. The normalized spacial score (nSPS) is 11.0. The molecule has 1 rings (SSSR count). The number of rotatable bonds is 27. The van der Waals surface area contributed by atoms with E-state index in [0.717, 1.165) is 51.4 Å². The van der Waals surface area contributed by atoms with Crippen LogP contribution in [0.25, 0.3) is 0 Å². The largest absolute Gasteiger partial charge is 0.466 e. The van der Waals surface area contributed by atoms with Gasteiger partial charge in [0.15, 0.2) is 0 Å². The van der Waals surface area contributed by atoms with Crippen molar-refractivity contribution in [3.8, 4) is 5.75 Å². The first-order valence-electron chi connectivity index (χ1n) is 16.6. The van der Waals surface area contributed by atoms with Gasteiger partial charge >= 0.3 is 11.9 Å². The Bertz CT molecular complexity index is 714. The standard InChI is InChI=1S/C35H60O4/c1-3-5-6-7-8-9-10-11-12-13-14-15-18-21-24-30-38-34(36)28-22-19-16-17-20-23-29-35(37)39-33-27-25-26-32(4-2)31-33/h25-27,31H,3-24,28-30H2,1-2H3. The molecule has 1 aromatic rings. The van der Waals surface area contributed by atoms with Gasteiger partial charge in [0.1, 0.15) is 5.75 Å². The molecule has 0 aliphatic heterocycles. The molecule has 0 aliphatic carbocycles. The number of hydrogen-bond donors (Lipinski definition) is 0. The van der Waals surface area contributed by atoms with E-state index in [-0.39, 0.29) is 11.9 Å². The Morgan fingerprint density at radius 1 is 0.564 bits per heavy atom. The number of benzene rings is 1. The highest BCUT2D eigenvalue weighted by Gasteiger charge is 2.06. The van der Waals surface area contributed by atoms with Gasteiger partial charge in [0.25, 0.3) is 0 Å². The summed E-state index contributed by atoms with van der Waals surface area (Å²) in [6, 6.07) is 7.74. The quantitative estimate of drug-likeness (QED) is 0.0628. The average Bonchev–Trinajstić information content (AvgIpc) is 2.94. The van der Waals surface area contributed by atoms with E-state index >= 15 is 0 Å². The van der Waals surface area contributed by atoms with Gasteiger partial charge < -0.3 is 9.47 Å². The number of carbonyl (C=O) groups is 2. The molecular formula is C35H60O4. The monoisotopic (exact) mass is 544 g/mol. The molecule has 39 heavy (non-hydrogen) atoms. The van der Waals surface area contributed by atoms with Crippen molar-refractivity contribution >= 4 is 11.9 Å². The zero-order chi connectivity index (χ0) is 28.2. The van der Waals surface area contributed by atoms with E-state index in [9.17, 15) is 9.59 Å². The van der Waals surface area contributed by atoms with Crippen LogP contribution in [0.1, 0.15) is 167 Å². The Morgan fingerprint density at radius 2 is 1.03 bits per heavy atom. The summed E-state index contributed by atoms with van der Waals surface area (Å²) in [4.78, 5) is 23.9. The van der Waals surface area contributed by atoms with Crippen LogP contribution in [-0.2, 0) is 20.7 Å². The summed E-state index contributed by atoms with van der Waals surface area (Å²) >= 11 is 0. The maximum Gasteiger partial charge on any atom is 0.311 e. The molecule has 0 saturated heterocycles. The van der Waals surface area contributed by atoms with E-state index in [1.807, 2.05) is 24.3 Å². The van der Waals surface area contributed by atoms with Crippen molar-refractivity contribution in [2.75, 3.05) is 6.61 Å². The summed E-state index contributed by atoms with van der Waals surface area (Å²) in [5, 5.41) is 0. The highest BCUT2D eigenvalue weighted by Crippen LogP contribution is 2.16. The fraction of sp³-hybridized carbons (Fsp3) is 0.771. The lowest BCUT2D eigenvalue weighted by atomic mass is 10.0. The minimum absolute atomic E-state index is 0.0461. The summed E-state index contributed by atoms with van der Waals surface area (Å²) in [6.45, 7) is 4.95. The van der Waals surface area contributed by atoms with Crippen molar-refractivity contribution in [1.82, 2.24) is 0 Å². The summed E-state index contributed by atoms with van der Waals surface area (Å²) in [5.41, 5.74) is 1.18. The second-order valence-electron chi connectivity index (χ2n) is 11.3. The fourth-order valence-electron chi connectivity index (χ4n) is 4.99. The summed E-state index contributed by atoms with van der Waals surface area (Å²) in [6.07, 6.45) is 28.1. The highest BCUT2D eigenvalue weighted by atomic mass is 16.5. The number of aryl methyl sites for hydroxylation is 1. The van der Waals surface area contributed by atoms with Crippen LogP contribution in [0.2, 0.25) is 0 Å². The van der Waals surface area contributed by atoms with Gasteiger partial charge in [-0.3, -0.25) is 9.59 Å². The number of ether oxygens (including phenoxy) is 2. The van der Waals surface area contributed by atoms with Gasteiger partial charge in [-0.25, -0.2) is 0 Å². The van der Waals surface area contributed by atoms with Gasteiger partial charge in [0.05, 0.1) is 6.61 Å². The van der Waals surface area contributed by atoms with Crippen LogP contribution in [0.15, 0.2) is 24.3 Å². The molecule has 0 saturated carbocycles. The zero-order valence-electron chi connectivity index (χ0n) is 25.6. The van der Waals surface area contributed by atoms with E-state index in [0.29, 0.717) is 25.2 Å². The second kappa shape index (κ2) is 26.4. The van der Waals surface area contributed by atoms with Gasteiger partial charge in [-0.1, -0.05) is 142 Å². The van der Waals surface area contributed by atoms with Gasteiger partial charge in [-0.05, 0) is 43.4 Å². The fourth-order valence-corrected chi connectivity index (χ4v) is 4.99. The highest BCUT2D eigenvalue weighted by molar-refractivity contribution is 5.72. The van der Waals surface area contributed by atoms with E-state index < -0.39 is 0 Å². The van der Waals surface area contributed by atoms with Crippen LogP contribution in [0, 0.1) is 0 Å². The predicted molar refractivity (Wildman–Crippen MR) is 164 cm³/mol. The molecule has 0 aromatic heterocycles. The van der Waals surface area contributed by atoms with Crippen molar-refractivity contribution < 1.29 is 19.1 Å². The summed E-state index contributed by atoms with van der Waals surface area (Å²) < 4.78 is 10.8. The minimum Gasteiger partial charge on any atom is -0.466 e. The topological polar surface area (TPSA) is 52.6 Å². The number of esters is 2. The molecule has 0 bridgehead atoms. The molecule has 0 N–H and O–H groups in total. The molecule has 0 unspecified atom stereocenters. The van der Waals surface area contributed by atoms with Gasteiger partial charge in [-0.2, -0.15) is 0 Å². The van der Waals surface area contributed by atoms with Crippen molar-refractivity contribution in [2.45, 2.75) is 168 Å². The van der Waals surface area contributed by atoms with Crippen LogP contribution in [0.5, 0.6) is 5.75 Å². The molecule has 0 heterocycles. The van der Waals surface area contributed by atoms with Crippen LogP contribution in [0.3, 0.4) is 0 Å². The lowest BCUT2D eigenvalue weighted by Crippen LogP contribution is -2.07. The molecule has 0 fully saturated rings. The van der Waals surface area contributed by atoms with Crippen LogP contribution >= 0.6 is 0 Å². The predicted octanol–water partition coefficient (Wildman–Crippen LogP) is 10.7. The second-order valence-corrected chi connectivity index (χ2v) is 11.3. The van der Waals surface area contributed by atoms with Crippen LogP contribution in [-0.4, -0.2) is 18.5 Å². The molecule has 4 nitrogen and oxygen atoms in total. The van der Waals surface area contributed by atoms with E-state index in [1.54, 1.807) is 0 Å². The Balaban J connectivity index is 1.79. The third-order valence-corrected chi connectivity index (χ3v) is 7.56. The molecule has 0 radical (unpaired) electrons. The summed E-state index contributed by atoms with van der Waals surface area (Å²) in [7, 11) is 0. The maximum atomic E-state index is 12.0. The molecule has 1 aromatic carbocycles. The lowest BCUT2D eigenvalue weighted by Gasteiger charge is -2.06. The first-order valence-corrected chi connectivity index (χ1v) is 16.6. The van der Waals surface area contributed by atoms with Gasteiger partial charge in [0.2, 0.25) is 0 Å². The molecule has 0 atom stereocenters. The number of carbonyl (C=O) groups excluding carboxylic acids is 2. The molecule has 224 valence electrons. The first-order chi connectivity index (χ1) is 19.2. The third kappa shape index (κ3) is 22.7. The first kappa shape index (κ1) is 35.2. The molecular weight excluding hydrogens is 484 g/mol. The molecule has 4 heteroatoms. The van der Waals surface area contributed by atoms with Crippen LogP contribution < -0.4 is 4.74 Å². The molecule has 0 aliphatic rings. The minimum atomic E-state index is -0.153. The Labute approximate surface area is 241 Å². The lowest BCUT2D eigenvalue weighted by molar-refractivity contribution is -0.144. The van der Waals surface area contributed by atoms with Crippen molar-refractivity contribution in [2.24, 2.45) is 0 Å². The van der Waals surface area contributed by atoms with Crippen molar-refractivity contribution in [3.05, 3.63) is 29.8 Å². The molecule has 0 amide bonds. The zero-order valence-corrected chi connectivity index (χ0v) is 25.6. The van der Waals surface area contributed by atoms with Gasteiger partial charge in [-0.15, -0.1) is 0 Å². The Kier molecular flexibility index (Phi) is 23.8. The Hall–Kier alpha value is -1.84. The Morgan fingerprint density at radius 3 is 1.54 bits per heavy atom. The summed E-state index contributed by atoms with van der Waals surface area (Å²) in [5.74, 6) is 0.446. The van der Waals surface area contributed by atoms with Gasteiger partial charge in [0, 0.05) is 12.8 Å². The maximum absolute atomic E-state index is 12.0. The van der Waals surface area contributed by atoms with Crippen molar-refractivity contribution in [1.29, 1.82) is 0 Å². The third-order valence-electron chi connectivity index (χ3n) is 7.56.